The Balaban J connectivity index is 1.56. The normalized spacial score (nSPS) is 15.8. The van der Waals surface area contributed by atoms with Crippen LogP contribution < -0.4 is 0 Å². The summed E-state index contributed by atoms with van der Waals surface area (Å²) in [5, 5.41) is 0. The summed E-state index contributed by atoms with van der Waals surface area (Å²) in [6.45, 7) is 6.21. The second-order valence-electron chi connectivity index (χ2n) is 5.72. The SMILES string of the molecule is Cc1cccc(C(=O)N2CCN(Cc3ccccc3)CC2)n1. The number of hydrogen-bond acceptors (Lipinski definition) is 3. The molecule has 1 aromatic carbocycles. The van der Waals surface area contributed by atoms with Crippen molar-refractivity contribution < 1.29 is 4.79 Å². The first kappa shape index (κ1) is 14.7. The molecule has 4 heteroatoms. The summed E-state index contributed by atoms with van der Waals surface area (Å²) >= 11 is 0. The lowest BCUT2D eigenvalue weighted by molar-refractivity contribution is 0.0622. The van der Waals surface area contributed by atoms with Crippen LogP contribution >= 0.6 is 0 Å². The highest BCUT2D eigenvalue weighted by Gasteiger charge is 2.22. The lowest BCUT2D eigenvalue weighted by atomic mass is 10.2. The average molecular weight is 295 g/mol. The zero-order valence-electron chi connectivity index (χ0n) is 12.9. The van der Waals surface area contributed by atoms with Crippen LogP contribution in [0.1, 0.15) is 21.7 Å². The molecule has 4 nitrogen and oxygen atoms in total. The average Bonchev–Trinajstić information content (AvgIpc) is 2.56. The topological polar surface area (TPSA) is 36.4 Å². The monoisotopic (exact) mass is 295 g/mol. The quantitative estimate of drug-likeness (QED) is 0.872. The van der Waals surface area contributed by atoms with Crippen molar-refractivity contribution in [3.63, 3.8) is 0 Å². The molecule has 0 radical (unpaired) electrons. The largest absolute Gasteiger partial charge is 0.335 e. The van der Waals surface area contributed by atoms with Gasteiger partial charge in [0.2, 0.25) is 0 Å². The molecule has 2 heterocycles. The van der Waals surface area contributed by atoms with Crippen molar-refractivity contribution in [1.29, 1.82) is 0 Å². The molecule has 1 saturated heterocycles. The van der Waals surface area contributed by atoms with E-state index in [4.69, 9.17) is 0 Å². The predicted molar refractivity (Wildman–Crippen MR) is 86.6 cm³/mol. The molecule has 22 heavy (non-hydrogen) atoms. The van der Waals surface area contributed by atoms with Crippen molar-refractivity contribution >= 4 is 5.91 Å². The minimum atomic E-state index is 0.0445. The van der Waals surface area contributed by atoms with E-state index in [1.54, 1.807) is 6.07 Å². The molecule has 2 aromatic rings. The van der Waals surface area contributed by atoms with Crippen LogP contribution in [-0.2, 0) is 6.54 Å². The number of benzene rings is 1. The summed E-state index contributed by atoms with van der Waals surface area (Å²) in [4.78, 5) is 21.1. The summed E-state index contributed by atoms with van der Waals surface area (Å²) in [6.07, 6.45) is 0. The van der Waals surface area contributed by atoms with Crippen LogP contribution in [0, 0.1) is 6.92 Å². The molecule has 1 aromatic heterocycles. The number of piperazine rings is 1. The number of aryl methyl sites for hydroxylation is 1. The maximum Gasteiger partial charge on any atom is 0.272 e. The Hall–Kier alpha value is -2.20. The van der Waals surface area contributed by atoms with Crippen molar-refractivity contribution in [3.05, 3.63) is 65.5 Å². The van der Waals surface area contributed by atoms with Gasteiger partial charge in [0.1, 0.15) is 5.69 Å². The fraction of sp³-hybridized carbons (Fsp3) is 0.333. The first-order chi connectivity index (χ1) is 10.7. The van der Waals surface area contributed by atoms with E-state index in [9.17, 15) is 4.79 Å². The molecule has 3 rings (SSSR count). The van der Waals surface area contributed by atoms with E-state index in [-0.39, 0.29) is 5.91 Å². The van der Waals surface area contributed by atoms with E-state index in [2.05, 4.69) is 34.1 Å². The number of amides is 1. The Morgan fingerprint density at radius 3 is 2.41 bits per heavy atom. The van der Waals surface area contributed by atoms with E-state index in [1.807, 2.05) is 30.0 Å². The number of carbonyl (C=O) groups excluding carboxylic acids is 1. The summed E-state index contributed by atoms with van der Waals surface area (Å²) in [7, 11) is 0. The fourth-order valence-corrected chi connectivity index (χ4v) is 2.77. The van der Waals surface area contributed by atoms with Gasteiger partial charge in [-0.05, 0) is 24.6 Å². The van der Waals surface area contributed by atoms with Crippen molar-refractivity contribution in [2.45, 2.75) is 13.5 Å². The van der Waals surface area contributed by atoms with Crippen LogP contribution in [0.2, 0.25) is 0 Å². The summed E-state index contributed by atoms with van der Waals surface area (Å²) in [5.41, 5.74) is 2.76. The van der Waals surface area contributed by atoms with Crippen molar-refractivity contribution in [2.24, 2.45) is 0 Å². The van der Waals surface area contributed by atoms with Gasteiger partial charge in [-0.15, -0.1) is 0 Å². The zero-order valence-corrected chi connectivity index (χ0v) is 12.9. The molecule has 114 valence electrons. The standard InChI is InChI=1S/C18H21N3O/c1-15-6-5-9-17(19-15)18(22)21-12-10-20(11-13-21)14-16-7-3-2-4-8-16/h2-9H,10-14H2,1H3. The fourth-order valence-electron chi connectivity index (χ4n) is 2.77. The molecule has 1 aliphatic rings. The smallest absolute Gasteiger partial charge is 0.272 e. The van der Waals surface area contributed by atoms with E-state index < -0.39 is 0 Å². The van der Waals surface area contributed by atoms with E-state index in [1.165, 1.54) is 5.56 Å². The third-order valence-corrected chi connectivity index (χ3v) is 4.02. The van der Waals surface area contributed by atoms with E-state index in [0.29, 0.717) is 5.69 Å². The van der Waals surface area contributed by atoms with Gasteiger partial charge in [-0.3, -0.25) is 9.69 Å². The van der Waals surface area contributed by atoms with Crippen molar-refractivity contribution in [3.8, 4) is 0 Å². The highest BCUT2D eigenvalue weighted by atomic mass is 16.2. The molecule has 0 unspecified atom stereocenters. The molecular weight excluding hydrogens is 274 g/mol. The Morgan fingerprint density at radius 1 is 1.00 bits per heavy atom. The number of aromatic nitrogens is 1. The third kappa shape index (κ3) is 3.52. The zero-order chi connectivity index (χ0) is 15.4. The van der Waals surface area contributed by atoms with Gasteiger partial charge in [0.25, 0.3) is 5.91 Å². The van der Waals surface area contributed by atoms with Crippen LogP contribution in [0.5, 0.6) is 0 Å². The molecule has 1 amide bonds. The lowest BCUT2D eigenvalue weighted by Crippen LogP contribution is -2.48. The molecule has 0 aliphatic carbocycles. The highest BCUT2D eigenvalue weighted by Crippen LogP contribution is 2.11. The predicted octanol–water partition coefficient (Wildman–Crippen LogP) is 2.35. The Labute approximate surface area is 131 Å². The lowest BCUT2D eigenvalue weighted by Gasteiger charge is -2.34. The minimum Gasteiger partial charge on any atom is -0.335 e. The summed E-state index contributed by atoms with van der Waals surface area (Å²) < 4.78 is 0. The molecule has 0 bridgehead atoms. The number of nitrogens with zero attached hydrogens (tertiary/aromatic N) is 3. The molecule has 0 atom stereocenters. The maximum absolute atomic E-state index is 12.5. The van der Waals surface area contributed by atoms with Gasteiger partial charge in [0.15, 0.2) is 0 Å². The number of rotatable bonds is 3. The molecule has 1 fully saturated rings. The molecule has 0 saturated carbocycles. The number of hydrogen-bond donors (Lipinski definition) is 0. The van der Waals surface area contributed by atoms with Crippen molar-refractivity contribution in [1.82, 2.24) is 14.8 Å². The van der Waals surface area contributed by atoms with Gasteiger partial charge in [0.05, 0.1) is 0 Å². The number of carbonyl (C=O) groups is 1. The molecular formula is C18H21N3O. The van der Waals surface area contributed by atoms with Crippen LogP contribution in [-0.4, -0.2) is 46.9 Å². The molecule has 1 aliphatic heterocycles. The minimum absolute atomic E-state index is 0.0445. The van der Waals surface area contributed by atoms with Crippen molar-refractivity contribution in [2.75, 3.05) is 26.2 Å². The van der Waals surface area contributed by atoms with Gasteiger partial charge >= 0.3 is 0 Å². The maximum atomic E-state index is 12.5. The van der Waals surface area contributed by atoms with Gasteiger partial charge < -0.3 is 4.90 Å². The second kappa shape index (κ2) is 6.71. The van der Waals surface area contributed by atoms with E-state index in [0.717, 1.165) is 38.4 Å². The third-order valence-electron chi connectivity index (χ3n) is 4.02. The van der Waals surface area contributed by atoms with E-state index >= 15 is 0 Å². The van der Waals surface area contributed by atoms with Gasteiger partial charge in [0, 0.05) is 38.4 Å². The van der Waals surface area contributed by atoms with Crippen LogP contribution in [0.3, 0.4) is 0 Å². The Bertz CT molecular complexity index is 634. The number of pyridine rings is 1. The Morgan fingerprint density at radius 2 is 1.73 bits per heavy atom. The van der Waals surface area contributed by atoms with Crippen LogP contribution in [0.25, 0.3) is 0 Å². The van der Waals surface area contributed by atoms with Gasteiger partial charge in [-0.1, -0.05) is 36.4 Å². The van der Waals surface area contributed by atoms with Gasteiger partial charge in [-0.25, -0.2) is 4.98 Å². The highest BCUT2D eigenvalue weighted by molar-refractivity contribution is 5.92. The van der Waals surface area contributed by atoms with Crippen LogP contribution in [0.15, 0.2) is 48.5 Å². The molecule has 0 spiro atoms. The first-order valence-electron chi connectivity index (χ1n) is 7.71. The van der Waals surface area contributed by atoms with Gasteiger partial charge in [-0.2, -0.15) is 0 Å². The van der Waals surface area contributed by atoms with Crippen LogP contribution in [0.4, 0.5) is 0 Å². The summed E-state index contributed by atoms with van der Waals surface area (Å²) in [5.74, 6) is 0.0445. The summed E-state index contributed by atoms with van der Waals surface area (Å²) in [6, 6.07) is 16.1. The first-order valence-corrected chi connectivity index (χ1v) is 7.71. The Kier molecular flexibility index (Phi) is 4.49. The second-order valence-corrected chi connectivity index (χ2v) is 5.72. The molecule has 0 N–H and O–H groups in total.